The lowest BCUT2D eigenvalue weighted by Crippen LogP contribution is -2.37. The van der Waals surface area contributed by atoms with Crippen molar-refractivity contribution in [3.63, 3.8) is 0 Å². The van der Waals surface area contributed by atoms with Crippen molar-refractivity contribution < 1.29 is 9.53 Å². The van der Waals surface area contributed by atoms with Crippen LogP contribution in [0.2, 0.25) is 0 Å². The minimum atomic E-state index is -0.0123. The Bertz CT molecular complexity index is 1040. The molecule has 4 nitrogen and oxygen atoms in total. The molecule has 1 fully saturated rings. The number of aromatic nitrogens is 1. The second-order valence-electron chi connectivity index (χ2n) is 8.59. The van der Waals surface area contributed by atoms with E-state index in [-0.39, 0.29) is 12.0 Å². The summed E-state index contributed by atoms with van der Waals surface area (Å²) in [6, 6.07) is 14.2. The molecule has 2 aromatic carbocycles. The summed E-state index contributed by atoms with van der Waals surface area (Å²) in [6.07, 6.45) is 2.09. The van der Waals surface area contributed by atoms with Crippen LogP contribution in [-0.2, 0) is 4.74 Å². The summed E-state index contributed by atoms with van der Waals surface area (Å²) >= 11 is 3.39. The monoisotopic (exact) mass is 454 g/mol. The van der Waals surface area contributed by atoms with Gasteiger partial charge in [-0.25, -0.2) is 4.98 Å². The molecule has 6 heteroatoms. The molecule has 1 atom stereocenters. The zero-order valence-electron chi connectivity index (χ0n) is 18.6. The second kappa shape index (κ2) is 9.72. The van der Waals surface area contributed by atoms with Crippen LogP contribution in [0.1, 0.15) is 62.4 Å². The maximum atomic E-state index is 13.6. The van der Waals surface area contributed by atoms with Gasteiger partial charge in [0.05, 0.1) is 22.9 Å². The van der Waals surface area contributed by atoms with E-state index in [4.69, 9.17) is 9.72 Å². The largest absolute Gasteiger partial charge is 0.376 e. The summed E-state index contributed by atoms with van der Waals surface area (Å²) in [7, 11) is 0. The quantitative estimate of drug-likeness (QED) is 0.371. The number of thiazole rings is 1. The van der Waals surface area contributed by atoms with Gasteiger partial charge in [0, 0.05) is 22.3 Å². The van der Waals surface area contributed by atoms with E-state index >= 15 is 0 Å². The van der Waals surface area contributed by atoms with Gasteiger partial charge in [0.1, 0.15) is 0 Å². The zero-order valence-corrected chi connectivity index (χ0v) is 20.3. The van der Waals surface area contributed by atoms with Gasteiger partial charge in [0.2, 0.25) is 0 Å². The first-order valence-corrected chi connectivity index (χ1v) is 12.7. The number of nitrogens with zero attached hydrogens (tertiary/aromatic N) is 2. The number of ether oxygens (including phenoxy) is 1. The highest BCUT2D eigenvalue weighted by molar-refractivity contribution is 7.99. The molecular formula is C25H30N2O2S2. The number of carbonyl (C=O) groups is 1. The Balaban J connectivity index is 1.68. The predicted molar refractivity (Wildman–Crippen MR) is 132 cm³/mol. The summed E-state index contributed by atoms with van der Waals surface area (Å²) in [4.78, 5) is 21.5. The summed E-state index contributed by atoms with van der Waals surface area (Å²) in [5.41, 5.74) is 2.92. The lowest BCUT2D eigenvalue weighted by Gasteiger charge is -2.23. The van der Waals surface area contributed by atoms with Gasteiger partial charge in [-0.1, -0.05) is 51.2 Å². The molecule has 1 aliphatic rings. The van der Waals surface area contributed by atoms with Gasteiger partial charge >= 0.3 is 0 Å². The van der Waals surface area contributed by atoms with E-state index in [1.807, 2.05) is 29.2 Å². The number of carbonyl (C=O) groups excluding carboxylic acids is 1. The van der Waals surface area contributed by atoms with Crippen LogP contribution >= 0.6 is 23.1 Å². The summed E-state index contributed by atoms with van der Waals surface area (Å²) < 4.78 is 6.99. The average Bonchev–Trinajstić information content (AvgIpc) is 3.40. The smallest absolute Gasteiger partial charge is 0.260 e. The van der Waals surface area contributed by atoms with Crippen LogP contribution in [0.15, 0.2) is 47.4 Å². The normalized spacial score (nSPS) is 16.5. The molecular weight excluding hydrogens is 424 g/mol. The van der Waals surface area contributed by atoms with Gasteiger partial charge in [0.15, 0.2) is 5.13 Å². The predicted octanol–water partition coefficient (Wildman–Crippen LogP) is 6.75. The molecule has 1 aromatic heterocycles. The van der Waals surface area contributed by atoms with Crippen LogP contribution in [0.3, 0.4) is 0 Å². The summed E-state index contributed by atoms with van der Waals surface area (Å²) in [6.45, 7) is 10.0. The van der Waals surface area contributed by atoms with E-state index in [9.17, 15) is 4.79 Å². The van der Waals surface area contributed by atoms with Crippen LogP contribution < -0.4 is 4.90 Å². The topological polar surface area (TPSA) is 42.4 Å². The minimum absolute atomic E-state index is 0.0123. The van der Waals surface area contributed by atoms with Crippen molar-refractivity contribution in [3.05, 3.63) is 53.6 Å². The number of anilines is 1. The van der Waals surface area contributed by atoms with Gasteiger partial charge in [-0.3, -0.25) is 9.69 Å². The van der Waals surface area contributed by atoms with Crippen molar-refractivity contribution in [2.75, 3.05) is 18.1 Å². The maximum absolute atomic E-state index is 13.6. The molecule has 0 radical (unpaired) electrons. The molecule has 164 valence electrons. The second-order valence-corrected chi connectivity index (χ2v) is 11.2. The number of benzene rings is 2. The van der Waals surface area contributed by atoms with E-state index in [1.165, 1.54) is 10.5 Å². The van der Waals surface area contributed by atoms with Crippen LogP contribution in [-0.4, -0.2) is 35.4 Å². The highest BCUT2D eigenvalue weighted by Gasteiger charge is 2.27. The Labute approximate surface area is 193 Å². The van der Waals surface area contributed by atoms with Gasteiger partial charge in [-0.2, -0.15) is 0 Å². The Morgan fingerprint density at radius 1 is 1.19 bits per heavy atom. The highest BCUT2D eigenvalue weighted by Crippen LogP contribution is 2.35. The van der Waals surface area contributed by atoms with Crippen molar-refractivity contribution in [3.8, 4) is 0 Å². The minimum Gasteiger partial charge on any atom is -0.376 e. The van der Waals surface area contributed by atoms with E-state index < -0.39 is 0 Å². The van der Waals surface area contributed by atoms with E-state index in [2.05, 4.69) is 45.9 Å². The van der Waals surface area contributed by atoms with Crippen molar-refractivity contribution in [1.29, 1.82) is 0 Å². The molecule has 0 aliphatic carbocycles. The van der Waals surface area contributed by atoms with E-state index in [0.717, 1.165) is 34.8 Å². The van der Waals surface area contributed by atoms with Gasteiger partial charge in [-0.15, -0.1) is 11.8 Å². The Morgan fingerprint density at radius 2 is 1.97 bits per heavy atom. The molecule has 2 heterocycles. The molecule has 1 saturated heterocycles. The molecule has 31 heavy (non-hydrogen) atoms. The summed E-state index contributed by atoms with van der Waals surface area (Å²) in [5, 5.41) is 1.26. The zero-order chi connectivity index (χ0) is 22.0. The molecule has 0 bridgehead atoms. The Morgan fingerprint density at radius 3 is 2.61 bits per heavy atom. The lowest BCUT2D eigenvalue weighted by molar-refractivity contribution is 0.0917. The highest BCUT2D eigenvalue weighted by atomic mass is 32.2. The third kappa shape index (κ3) is 5.13. The fraction of sp³-hybridized carbons (Fsp3) is 0.440. The summed E-state index contributed by atoms with van der Waals surface area (Å²) in [5.74, 6) is 0.369. The number of para-hydroxylation sites is 1. The van der Waals surface area contributed by atoms with Crippen LogP contribution in [0.25, 0.3) is 10.2 Å². The van der Waals surface area contributed by atoms with Crippen LogP contribution in [0.4, 0.5) is 5.13 Å². The van der Waals surface area contributed by atoms with Crippen LogP contribution in [0, 0.1) is 0 Å². The fourth-order valence-corrected chi connectivity index (χ4v) is 5.73. The maximum Gasteiger partial charge on any atom is 0.260 e. The van der Waals surface area contributed by atoms with Crippen molar-refractivity contribution in [2.24, 2.45) is 0 Å². The third-order valence-electron chi connectivity index (χ3n) is 5.42. The first-order chi connectivity index (χ1) is 14.9. The number of thioether (sulfide) groups is 1. The van der Waals surface area contributed by atoms with Gasteiger partial charge in [-0.05, 0) is 54.7 Å². The molecule has 1 unspecified atom stereocenters. The van der Waals surface area contributed by atoms with Crippen molar-refractivity contribution in [2.45, 2.75) is 62.7 Å². The number of hydrogen-bond donors (Lipinski definition) is 0. The van der Waals surface area contributed by atoms with E-state index in [0.29, 0.717) is 23.3 Å². The number of rotatable bonds is 7. The first kappa shape index (κ1) is 22.3. The molecule has 0 spiro atoms. The lowest BCUT2D eigenvalue weighted by atomic mass is 10.0. The molecule has 4 rings (SSSR count). The molecule has 1 aliphatic heterocycles. The van der Waals surface area contributed by atoms with Crippen molar-refractivity contribution in [1.82, 2.24) is 4.98 Å². The Kier molecular flexibility index (Phi) is 6.99. The van der Waals surface area contributed by atoms with Gasteiger partial charge < -0.3 is 4.74 Å². The number of amides is 1. The first-order valence-electron chi connectivity index (χ1n) is 11.0. The standard InChI is InChI=1S/C25H30N2O2S2/c1-16(2)21-8-5-9-22-23(21)26-25(31-22)27(15-19-7-6-14-29-19)24(28)18-10-12-20(13-11-18)30-17(3)4/h5,8-13,16-17,19H,6-7,14-15H2,1-4H3. The van der Waals surface area contributed by atoms with Gasteiger partial charge in [0.25, 0.3) is 5.91 Å². The SMILES string of the molecule is CC(C)Sc1ccc(C(=O)N(CC2CCCO2)c2nc3c(C(C)C)cccc3s2)cc1. The average molecular weight is 455 g/mol. The molecule has 0 N–H and O–H groups in total. The number of hydrogen-bond acceptors (Lipinski definition) is 5. The number of fused-ring (bicyclic) bond motifs is 1. The van der Waals surface area contributed by atoms with Crippen molar-refractivity contribution >= 4 is 44.4 Å². The Hall–Kier alpha value is -1.89. The molecule has 0 saturated carbocycles. The van der Waals surface area contributed by atoms with E-state index in [1.54, 1.807) is 23.1 Å². The van der Waals surface area contributed by atoms with Crippen LogP contribution in [0.5, 0.6) is 0 Å². The molecule has 1 amide bonds. The third-order valence-corrected chi connectivity index (χ3v) is 7.48. The fourth-order valence-electron chi connectivity index (χ4n) is 3.88. The molecule has 3 aromatic rings.